The van der Waals surface area contributed by atoms with E-state index in [1.54, 1.807) is 36.4 Å². The van der Waals surface area contributed by atoms with E-state index in [1.165, 1.54) is 17.4 Å². The van der Waals surface area contributed by atoms with E-state index in [1.807, 2.05) is 24.3 Å². The lowest BCUT2D eigenvalue weighted by Gasteiger charge is -1.95. The average Bonchev–Trinajstić information content (AvgIpc) is 3.02. The van der Waals surface area contributed by atoms with E-state index < -0.39 is 4.92 Å². The van der Waals surface area contributed by atoms with E-state index in [0.29, 0.717) is 16.1 Å². The molecule has 0 saturated heterocycles. The number of hydrogen-bond acceptors (Lipinski definition) is 5. The van der Waals surface area contributed by atoms with E-state index in [4.69, 9.17) is 0 Å². The smallest absolute Gasteiger partial charge is 0.258 e. The SMILES string of the molecule is N#C/C(=C\C=C\c1ccccc1[N+](=O)[O-])c1nc2ccccc2s1. The number of nitro benzene ring substituents is 1. The molecule has 0 saturated carbocycles. The number of nitrogens with zero attached hydrogens (tertiary/aromatic N) is 3. The number of nitriles is 1. The van der Waals surface area contributed by atoms with E-state index in [-0.39, 0.29) is 5.69 Å². The monoisotopic (exact) mass is 333 g/mol. The first-order valence-electron chi connectivity index (χ1n) is 7.07. The highest BCUT2D eigenvalue weighted by Gasteiger charge is 2.09. The normalized spacial score (nSPS) is 11.7. The van der Waals surface area contributed by atoms with Crippen molar-refractivity contribution in [1.29, 1.82) is 5.26 Å². The van der Waals surface area contributed by atoms with Crippen LogP contribution in [0.2, 0.25) is 0 Å². The summed E-state index contributed by atoms with van der Waals surface area (Å²) >= 11 is 1.44. The summed E-state index contributed by atoms with van der Waals surface area (Å²) < 4.78 is 1.01. The van der Waals surface area contributed by atoms with Gasteiger partial charge in [-0.1, -0.05) is 30.3 Å². The molecule has 3 aromatic rings. The van der Waals surface area contributed by atoms with Gasteiger partial charge in [-0.2, -0.15) is 5.26 Å². The highest BCUT2D eigenvalue weighted by molar-refractivity contribution is 7.19. The van der Waals surface area contributed by atoms with Gasteiger partial charge in [0.15, 0.2) is 0 Å². The van der Waals surface area contributed by atoms with Gasteiger partial charge in [0.1, 0.15) is 11.1 Å². The van der Waals surface area contributed by atoms with Crippen LogP contribution in [0.1, 0.15) is 10.6 Å². The summed E-state index contributed by atoms with van der Waals surface area (Å²) in [7, 11) is 0. The van der Waals surface area contributed by atoms with Gasteiger partial charge in [0.25, 0.3) is 5.69 Å². The Bertz CT molecular complexity index is 979. The second kappa shape index (κ2) is 6.86. The first-order chi connectivity index (χ1) is 11.7. The molecule has 0 bridgehead atoms. The minimum absolute atomic E-state index is 0.0284. The summed E-state index contributed by atoms with van der Waals surface area (Å²) in [5.41, 5.74) is 1.79. The first kappa shape index (κ1) is 15.6. The lowest BCUT2D eigenvalue weighted by atomic mass is 10.1. The Morgan fingerprint density at radius 2 is 1.96 bits per heavy atom. The number of para-hydroxylation sites is 2. The van der Waals surface area contributed by atoms with Crippen molar-refractivity contribution >= 4 is 38.9 Å². The molecule has 1 aromatic heterocycles. The lowest BCUT2D eigenvalue weighted by molar-refractivity contribution is -0.385. The molecule has 0 atom stereocenters. The van der Waals surface area contributed by atoms with Crippen LogP contribution >= 0.6 is 11.3 Å². The van der Waals surface area contributed by atoms with Crippen LogP contribution in [0, 0.1) is 21.4 Å². The van der Waals surface area contributed by atoms with Crippen LogP contribution in [0.5, 0.6) is 0 Å². The van der Waals surface area contributed by atoms with Crippen molar-refractivity contribution in [1.82, 2.24) is 4.98 Å². The molecule has 0 fully saturated rings. The van der Waals surface area contributed by atoms with Crippen molar-refractivity contribution in [3.05, 3.63) is 81.4 Å². The van der Waals surface area contributed by atoms with Gasteiger partial charge in [0.05, 0.1) is 26.3 Å². The van der Waals surface area contributed by atoms with Crippen LogP contribution in [-0.4, -0.2) is 9.91 Å². The third-order valence-corrected chi connectivity index (χ3v) is 4.39. The van der Waals surface area contributed by atoms with Crippen molar-refractivity contribution in [3.8, 4) is 6.07 Å². The molecular weight excluding hydrogens is 322 g/mol. The Morgan fingerprint density at radius 3 is 2.71 bits per heavy atom. The van der Waals surface area contributed by atoms with E-state index >= 15 is 0 Å². The number of allylic oxidation sites excluding steroid dienone is 3. The Balaban J connectivity index is 1.92. The minimum atomic E-state index is -0.428. The summed E-state index contributed by atoms with van der Waals surface area (Å²) in [5, 5.41) is 21.0. The van der Waals surface area contributed by atoms with Crippen molar-refractivity contribution in [2.24, 2.45) is 0 Å². The molecule has 116 valence electrons. The predicted molar refractivity (Wildman–Crippen MR) is 95.3 cm³/mol. The zero-order chi connectivity index (χ0) is 16.9. The molecule has 2 aromatic carbocycles. The third-order valence-electron chi connectivity index (χ3n) is 3.32. The van der Waals surface area contributed by atoms with Crippen molar-refractivity contribution in [2.45, 2.75) is 0 Å². The molecule has 3 rings (SSSR count). The maximum Gasteiger partial charge on any atom is 0.276 e. The number of thiazole rings is 1. The van der Waals surface area contributed by atoms with Gasteiger partial charge >= 0.3 is 0 Å². The molecule has 5 nitrogen and oxygen atoms in total. The topological polar surface area (TPSA) is 79.8 Å². The average molecular weight is 333 g/mol. The fourth-order valence-corrected chi connectivity index (χ4v) is 3.13. The van der Waals surface area contributed by atoms with Crippen LogP contribution < -0.4 is 0 Å². The molecule has 1 heterocycles. The molecule has 6 heteroatoms. The molecular formula is C18H11N3O2S. The highest BCUT2D eigenvalue weighted by Crippen LogP contribution is 2.27. The molecule has 0 spiro atoms. The number of hydrogen-bond donors (Lipinski definition) is 0. The predicted octanol–water partition coefficient (Wildman–Crippen LogP) is 4.82. The van der Waals surface area contributed by atoms with Crippen molar-refractivity contribution < 1.29 is 4.92 Å². The summed E-state index contributed by atoms with van der Waals surface area (Å²) in [6.07, 6.45) is 4.87. The highest BCUT2D eigenvalue weighted by atomic mass is 32.1. The zero-order valence-corrected chi connectivity index (χ0v) is 13.2. The number of fused-ring (bicyclic) bond motifs is 1. The second-order valence-corrected chi connectivity index (χ2v) is 5.88. The number of nitro groups is 1. The maximum absolute atomic E-state index is 11.0. The molecule has 0 aliphatic rings. The van der Waals surface area contributed by atoms with Gasteiger partial charge in [-0.25, -0.2) is 4.98 Å². The number of aromatic nitrogens is 1. The van der Waals surface area contributed by atoms with Crippen LogP contribution in [0.25, 0.3) is 21.9 Å². The van der Waals surface area contributed by atoms with Crippen LogP contribution in [0.4, 0.5) is 5.69 Å². The Kier molecular flexibility index (Phi) is 4.45. The maximum atomic E-state index is 11.0. The van der Waals surface area contributed by atoms with Gasteiger partial charge in [0.2, 0.25) is 0 Å². The Labute approximate surface area is 142 Å². The minimum Gasteiger partial charge on any atom is -0.258 e. The molecule has 0 aliphatic carbocycles. The number of benzene rings is 2. The summed E-state index contributed by atoms with van der Waals surface area (Å²) in [6, 6.07) is 16.3. The summed E-state index contributed by atoms with van der Waals surface area (Å²) in [5.74, 6) is 0. The second-order valence-electron chi connectivity index (χ2n) is 4.85. The fourth-order valence-electron chi connectivity index (χ4n) is 2.19. The molecule has 0 N–H and O–H groups in total. The fraction of sp³-hybridized carbons (Fsp3) is 0. The molecule has 0 aliphatic heterocycles. The molecule has 0 amide bonds. The van der Waals surface area contributed by atoms with E-state index in [9.17, 15) is 15.4 Å². The first-order valence-corrected chi connectivity index (χ1v) is 7.88. The number of rotatable bonds is 4. The summed E-state index contributed by atoms with van der Waals surface area (Å²) in [4.78, 5) is 15.0. The summed E-state index contributed by atoms with van der Waals surface area (Å²) in [6.45, 7) is 0. The van der Waals surface area contributed by atoms with Gasteiger partial charge in [-0.3, -0.25) is 10.1 Å². The molecule has 0 unspecified atom stereocenters. The van der Waals surface area contributed by atoms with Crippen molar-refractivity contribution in [3.63, 3.8) is 0 Å². The third kappa shape index (κ3) is 3.21. The van der Waals surface area contributed by atoms with Crippen LogP contribution in [0.15, 0.2) is 60.7 Å². The van der Waals surface area contributed by atoms with Gasteiger partial charge < -0.3 is 0 Å². The van der Waals surface area contributed by atoms with Gasteiger partial charge in [-0.05, 0) is 30.4 Å². The largest absolute Gasteiger partial charge is 0.276 e. The lowest BCUT2D eigenvalue weighted by Crippen LogP contribution is -1.90. The standard InChI is InChI=1S/C18H11N3O2S/c19-12-14(18-20-15-9-2-4-11-17(15)24-18)8-5-7-13-6-1-3-10-16(13)21(22)23/h1-11H/b7-5+,14-8+. The Morgan fingerprint density at radius 1 is 1.21 bits per heavy atom. The van der Waals surface area contributed by atoms with Gasteiger partial charge in [-0.15, -0.1) is 11.3 Å². The van der Waals surface area contributed by atoms with Crippen LogP contribution in [0.3, 0.4) is 0 Å². The zero-order valence-electron chi connectivity index (χ0n) is 12.4. The van der Waals surface area contributed by atoms with Crippen molar-refractivity contribution in [2.75, 3.05) is 0 Å². The molecule has 24 heavy (non-hydrogen) atoms. The molecule has 0 radical (unpaired) electrons. The van der Waals surface area contributed by atoms with Crippen LogP contribution in [-0.2, 0) is 0 Å². The quantitative estimate of drug-likeness (QED) is 0.296. The Hall–Kier alpha value is -3.30. The van der Waals surface area contributed by atoms with E-state index in [2.05, 4.69) is 11.1 Å². The van der Waals surface area contributed by atoms with E-state index in [0.717, 1.165) is 10.2 Å². The van der Waals surface area contributed by atoms with Gasteiger partial charge in [0, 0.05) is 6.07 Å².